The first-order valence-corrected chi connectivity index (χ1v) is 10.7. The lowest BCUT2D eigenvalue weighted by atomic mass is 10.1. The Labute approximate surface area is 181 Å². The minimum Gasteiger partial charge on any atom is -0.312 e. The number of thiophene rings is 1. The van der Waals surface area contributed by atoms with Gasteiger partial charge in [0.05, 0.1) is 5.39 Å². The third-order valence-electron chi connectivity index (χ3n) is 5.42. The molecule has 0 aliphatic carbocycles. The van der Waals surface area contributed by atoms with E-state index in [0.717, 1.165) is 27.1 Å². The Kier molecular flexibility index (Phi) is 4.63. The second-order valence-electron chi connectivity index (χ2n) is 7.32. The van der Waals surface area contributed by atoms with Gasteiger partial charge in [-0.3, -0.25) is 19.8 Å². The van der Waals surface area contributed by atoms with E-state index in [1.807, 2.05) is 35.7 Å². The summed E-state index contributed by atoms with van der Waals surface area (Å²) in [5, 5.41) is 2.38. The molecule has 7 nitrogen and oxygen atoms in total. The van der Waals surface area contributed by atoms with E-state index in [0.29, 0.717) is 28.7 Å². The van der Waals surface area contributed by atoms with Gasteiger partial charge in [0.25, 0.3) is 11.5 Å². The molecule has 0 spiro atoms. The van der Waals surface area contributed by atoms with Gasteiger partial charge in [0.1, 0.15) is 11.2 Å². The Morgan fingerprint density at radius 1 is 1.13 bits per heavy atom. The van der Waals surface area contributed by atoms with Gasteiger partial charge in [0.15, 0.2) is 0 Å². The zero-order valence-corrected chi connectivity index (χ0v) is 17.5. The summed E-state index contributed by atoms with van der Waals surface area (Å²) in [4.78, 5) is 44.3. The van der Waals surface area contributed by atoms with Gasteiger partial charge in [-0.2, -0.15) is 0 Å². The largest absolute Gasteiger partial charge is 0.312 e. The van der Waals surface area contributed by atoms with Crippen LogP contribution in [0.4, 0.5) is 5.69 Å². The monoisotopic (exact) mass is 430 g/mol. The van der Waals surface area contributed by atoms with Crippen LogP contribution in [0, 0.1) is 0 Å². The van der Waals surface area contributed by atoms with E-state index in [1.54, 1.807) is 23.1 Å². The molecule has 1 aliphatic rings. The van der Waals surface area contributed by atoms with Crippen LogP contribution in [0.5, 0.6) is 0 Å². The van der Waals surface area contributed by atoms with Crippen LogP contribution in [0.1, 0.15) is 22.8 Å². The fraction of sp³-hybridized carbons (Fsp3) is 0.130. The lowest BCUT2D eigenvalue weighted by molar-refractivity contribution is -0.116. The highest BCUT2D eigenvalue weighted by Crippen LogP contribution is 2.31. The van der Waals surface area contributed by atoms with Gasteiger partial charge in [0, 0.05) is 35.7 Å². The highest BCUT2D eigenvalue weighted by atomic mass is 32.1. The molecule has 0 radical (unpaired) electrons. The average molecular weight is 430 g/mol. The molecule has 31 heavy (non-hydrogen) atoms. The summed E-state index contributed by atoms with van der Waals surface area (Å²) >= 11 is 1.39. The van der Waals surface area contributed by atoms with E-state index in [-0.39, 0.29) is 11.5 Å². The molecule has 8 heteroatoms. The molecule has 1 N–H and O–H groups in total. The van der Waals surface area contributed by atoms with Crippen LogP contribution in [-0.4, -0.2) is 28.0 Å². The van der Waals surface area contributed by atoms with E-state index in [9.17, 15) is 14.4 Å². The molecular formula is C23H18N4O3S. The molecule has 0 saturated carbocycles. The molecule has 2 aromatic carbocycles. The molecule has 5 rings (SSSR count). The summed E-state index contributed by atoms with van der Waals surface area (Å²) in [6.07, 6.45) is 2.03. The lowest BCUT2D eigenvalue weighted by Crippen LogP contribution is -2.33. The van der Waals surface area contributed by atoms with Crippen molar-refractivity contribution in [2.75, 3.05) is 16.9 Å². The number of carbonyl (C=O) groups is 2. The van der Waals surface area contributed by atoms with Gasteiger partial charge in [-0.05, 0) is 35.7 Å². The van der Waals surface area contributed by atoms with E-state index < -0.39 is 5.91 Å². The van der Waals surface area contributed by atoms with Gasteiger partial charge in [0.2, 0.25) is 5.91 Å². The Morgan fingerprint density at radius 3 is 2.71 bits per heavy atom. The van der Waals surface area contributed by atoms with Crippen LogP contribution < -0.4 is 15.9 Å². The number of amides is 2. The Balaban J connectivity index is 1.47. The molecular weight excluding hydrogens is 412 g/mol. The minimum atomic E-state index is -0.413. The van der Waals surface area contributed by atoms with E-state index in [2.05, 4.69) is 10.4 Å². The molecule has 0 unspecified atom stereocenters. The molecule has 0 atom stereocenters. The molecule has 0 bridgehead atoms. The summed E-state index contributed by atoms with van der Waals surface area (Å²) in [7, 11) is 0. The van der Waals surface area contributed by atoms with Crippen LogP contribution in [0.25, 0.3) is 21.3 Å². The molecule has 0 saturated heterocycles. The van der Waals surface area contributed by atoms with Crippen LogP contribution in [0.15, 0.2) is 65.0 Å². The van der Waals surface area contributed by atoms with Crippen LogP contribution >= 0.6 is 11.3 Å². The highest BCUT2D eigenvalue weighted by molar-refractivity contribution is 7.17. The third-order valence-corrected chi connectivity index (χ3v) is 6.31. The number of nitrogens with one attached hydrogen (secondary N) is 1. The number of rotatable bonds is 3. The predicted molar refractivity (Wildman–Crippen MR) is 121 cm³/mol. The number of carbonyl (C=O) groups excluding carboxylic acids is 2. The SMILES string of the molecule is CC(=O)N1CCc2cc(C(=O)Nn3cnc4scc(-c5ccccc5)c4c3=O)ccc21. The standard InChI is InChI=1S/C23H18N4O3S/c1-14(28)26-10-9-16-11-17(7-8-19(16)26)21(29)25-27-13-24-22-20(23(27)30)18(12-31-22)15-5-3-2-4-6-15/h2-8,11-13H,9-10H2,1H3,(H,25,29). The van der Waals surface area contributed by atoms with Crippen LogP contribution in [-0.2, 0) is 11.2 Å². The first kappa shape index (κ1) is 19.2. The summed E-state index contributed by atoms with van der Waals surface area (Å²) in [6, 6.07) is 14.8. The molecule has 3 heterocycles. The number of hydrogen-bond acceptors (Lipinski definition) is 5. The van der Waals surface area contributed by atoms with Crippen molar-refractivity contribution in [3.63, 3.8) is 0 Å². The van der Waals surface area contributed by atoms with Crippen molar-refractivity contribution in [3.8, 4) is 11.1 Å². The quantitative estimate of drug-likeness (QED) is 0.540. The number of anilines is 1. The van der Waals surface area contributed by atoms with Crippen molar-refractivity contribution < 1.29 is 9.59 Å². The summed E-state index contributed by atoms with van der Waals surface area (Å²) in [6.45, 7) is 2.13. The van der Waals surface area contributed by atoms with Gasteiger partial charge < -0.3 is 4.90 Å². The zero-order chi connectivity index (χ0) is 21.5. The van der Waals surface area contributed by atoms with E-state index >= 15 is 0 Å². The Morgan fingerprint density at radius 2 is 1.94 bits per heavy atom. The van der Waals surface area contributed by atoms with E-state index in [1.165, 1.54) is 24.6 Å². The minimum absolute atomic E-state index is 0.0214. The second-order valence-corrected chi connectivity index (χ2v) is 8.18. The van der Waals surface area contributed by atoms with Crippen molar-refractivity contribution >= 4 is 39.1 Å². The van der Waals surface area contributed by atoms with Crippen molar-refractivity contribution in [1.82, 2.24) is 9.66 Å². The molecule has 4 aromatic rings. The van der Waals surface area contributed by atoms with Gasteiger partial charge in [-0.1, -0.05) is 30.3 Å². The maximum atomic E-state index is 13.1. The fourth-order valence-electron chi connectivity index (χ4n) is 3.89. The molecule has 2 aromatic heterocycles. The summed E-state index contributed by atoms with van der Waals surface area (Å²) in [5.41, 5.74) is 6.21. The average Bonchev–Trinajstić information content (AvgIpc) is 3.40. The number of hydrogen-bond donors (Lipinski definition) is 1. The second kappa shape index (κ2) is 7.48. The molecule has 0 fully saturated rings. The van der Waals surface area contributed by atoms with Gasteiger partial charge >= 0.3 is 0 Å². The first-order chi connectivity index (χ1) is 15.0. The summed E-state index contributed by atoms with van der Waals surface area (Å²) < 4.78 is 1.12. The molecule has 154 valence electrons. The van der Waals surface area contributed by atoms with Gasteiger partial charge in [-0.25, -0.2) is 9.66 Å². The van der Waals surface area contributed by atoms with Gasteiger partial charge in [-0.15, -0.1) is 11.3 Å². The van der Waals surface area contributed by atoms with Crippen LogP contribution in [0.2, 0.25) is 0 Å². The highest BCUT2D eigenvalue weighted by Gasteiger charge is 2.23. The molecule has 2 amide bonds. The lowest BCUT2D eigenvalue weighted by Gasteiger charge is -2.15. The number of fused-ring (bicyclic) bond motifs is 2. The van der Waals surface area contributed by atoms with Crippen LogP contribution in [0.3, 0.4) is 0 Å². The Bertz CT molecular complexity index is 1390. The number of nitrogens with zero attached hydrogens (tertiary/aromatic N) is 3. The van der Waals surface area contributed by atoms with Crippen molar-refractivity contribution in [2.24, 2.45) is 0 Å². The Hall–Kier alpha value is -3.78. The fourth-order valence-corrected chi connectivity index (χ4v) is 4.79. The smallest absolute Gasteiger partial charge is 0.281 e. The maximum absolute atomic E-state index is 13.1. The van der Waals surface area contributed by atoms with E-state index in [4.69, 9.17) is 0 Å². The molecule has 1 aliphatic heterocycles. The zero-order valence-electron chi connectivity index (χ0n) is 16.7. The third kappa shape index (κ3) is 3.30. The van der Waals surface area contributed by atoms with Crippen molar-refractivity contribution in [1.29, 1.82) is 0 Å². The topological polar surface area (TPSA) is 84.3 Å². The maximum Gasteiger partial charge on any atom is 0.281 e. The first-order valence-electron chi connectivity index (χ1n) is 9.79. The normalized spacial score (nSPS) is 12.7. The number of aromatic nitrogens is 2. The predicted octanol–water partition coefficient (Wildman–Crippen LogP) is 3.42. The van der Waals surface area contributed by atoms with Crippen molar-refractivity contribution in [3.05, 3.63) is 81.7 Å². The van der Waals surface area contributed by atoms with Crippen molar-refractivity contribution in [2.45, 2.75) is 13.3 Å². The number of benzene rings is 2. The summed E-state index contributed by atoms with van der Waals surface area (Å²) in [5.74, 6) is -0.435.